The minimum atomic E-state index is -0.523. The predicted octanol–water partition coefficient (Wildman–Crippen LogP) is 3.00. The summed E-state index contributed by atoms with van der Waals surface area (Å²) in [5.41, 5.74) is 6.37. The van der Waals surface area contributed by atoms with Crippen molar-refractivity contribution in [3.63, 3.8) is 0 Å². The molecule has 2 N–H and O–H groups in total. The van der Waals surface area contributed by atoms with Crippen LogP contribution in [0.3, 0.4) is 0 Å². The van der Waals surface area contributed by atoms with Crippen molar-refractivity contribution in [3.8, 4) is 17.2 Å². The van der Waals surface area contributed by atoms with E-state index >= 15 is 0 Å². The van der Waals surface area contributed by atoms with E-state index in [0.717, 1.165) is 25.7 Å². The lowest BCUT2D eigenvalue weighted by Gasteiger charge is -2.29. The van der Waals surface area contributed by atoms with Gasteiger partial charge in [-0.05, 0) is 31.0 Å². The van der Waals surface area contributed by atoms with Crippen LogP contribution in [0.4, 0.5) is 4.39 Å². The van der Waals surface area contributed by atoms with E-state index in [1.165, 1.54) is 25.7 Å². The molecular formula is C15H18FN3O2. The van der Waals surface area contributed by atoms with Crippen LogP contribution in [-0.2, 0) is 5.54 Å². The van der Waals surface area contributed by atoms with Gasteiger partial charge in [-0.1, -0.05) is 24.4 Å². The Labute approximate surface area is 122 Å². The van der Waals surface area contributed by atoms with Crippen molar-refractivity contribution in [1.29, 1.82) is 0 Å². The summed E-state index contributed by atoms with van der Waals surface area (Å²) < 4.78 is 23.9. The molecule has 1 heterocycles. The molecule has 0 unspecified atom stereocenters. The first-order chi connectivity index (χ1) is 10.1. The maximum absolute atomic E-state index is 13.7. The molecule has 1 aromatic carbocycles. The monoisotopic (exact) mass is 291 g/mol. The van der Waals surface area contributed by atoms with Crippen LogP contribution in [0.1, 0.15) is 37.9 Å². The highest BCUT2D eigenvalue weighted by Crippen LogP contribution is 2.34. The maximum Gasteiger partial charge on any atom is 0.258 e. The van der Waals surface area contributed by atoms with Gasteiger partial charge in [0.1, 0.15) is 0 Å². The van der Waals surface area contributed by atoms with E-state index in [9.17, 15) is 4.39 Å². The summed E-state index contributed by atoms with van der Waals surface area (Å²) in [6.45, 7) is 0. The number of rotatable bonds is 3. The molecular weight excluding hydrogens is 273 g/mol. The molecule has 0 aliphatic heterocycles. The van der Waals surface area contributed by atoms with Crippen molar-refractivity contribution in [2.24, 2.45) is 5.73 Å². The smallest absolute Gasteiger partial charge is 0.258 e. The molecule has 0 atom stereocenters. The van der Waals surface area contributed by atoms with Crippen LogP contribution >= 0.6 is 0 Å². The zero-order valence-electron chi connectivity index (χ0n) is 11.9. The third-order valence-corrected chi connectivity index (χ3v) is 4.02. The van der Waals surface area contributed by atoms with Crippen molar-refractivity contribution in [1.82, 2.24) is 10.1 Å². The lowest BCUT2D eigenvalue weighted by atomic mass is 9.82. The zero-order chi connectivity index (χ0) is 14.9. The van der Waals surface area contributed by atoms with Crippen molar-refractivity contribution in [3.05, 3.63) is 29.8 Å². The molecule has 21 heavy (non-hydrogen) atoms. The average molecular weight is 291 g/mol. The molecule has 6 heteroatoms. The number of halogens is 1. The fraction of sp³-hybridized carbons (Fsp3) is 0.467. The van der Waals surface area contributed by atoms with Gasteiger partial charge in [-0.25, -0.2) is 4.39 Å². The number of benzene rings is 1. The van der Waals surface area contributed by atoms with Gasteiger partial charge >= 0.3 is 0 Å². The fourth-order valence-electron chi connectivity index (χ4n) is 2.75. The Kier molecular flexibility index (Phi) is 3.63. The summed E-state index contributed by atoms with van der Waals surface area (Å²) in [7, 11) is 1.42. The van der Waals surface area contributed by atoms with Gasteiger partial charge in [0.15, 0.2) is 17.4 Å². The largest absolute Gasteiger partial charge is 0.494 e. The van der Waals surface area contributed by atoms with Gasteiger partial charge in [-0.15, -0.1) is 0 Å². The molecule has 1 aliphatic rings. The van der Waals surface area contributed by atoms with Crippen LogP contribution in [0.5, 0.6) is 5.75 Å². The van der Waals surface area contributed by atoms with E-state index in [1.807, 2.05) is 0 Å². The SMILES string of the molecule is COc1ccc(-c2nc(C3(N)CCCCC3)no2)cc1F. The Hall–Kier alpha value is -1.95. The third-order valence-electron chi connectivity index (χ3n) is 4.02. The fourth-order valence-corrected chi connectivity index (χ4v) is 2.75. The van der Waals surface area contributed by atoms with Crippen molar-refractivity contribution < 1.29 is 13.7 Å². The number of hydrogen-bond donors (Lipinski definition) is 1. The Morgan fingerprint density at radius 3 is 2.71 bits per heavy atom. The minimum absolute atomic E-state index is 0.182. The van der Waals surface area contributed by atoms with Crippen molar-refractivity contribution in [2.75, 3.05) is 7.11 Å². The number of hydrogen-bond acceptors (Lipinski definition) is 5. The Morgan fingerprint density at radius 2 is 2.05 bits per heavy atom. The molecule has 0 amide bonds. The van der Waals surface area contributed by atoms with E-state index < -0.39 is 11.4 Å². The lowest BCUT2D eigenvalue weighted by molar-refractivity contribution is 0.275. The van der Waals surface area contributed by atoms with Crippen LogP contribution in [0.15, 0.2) is 22.7 Å². The molecule has 2 aromatic rings. The van der Waals surface area contributed by atoms with Crippen molar-refractivity contribution in [2.45, 2.75) is 37.6 Å². The first-order valence-corrected chi connectivity index (χ1v) is 7.09. The molecule has 0 spiro atoms. The first-order valence-electron chi connectivity index (χ1n) is 7.09. The number of methoxy groups -OCH3 is 1. The molecule has 0 saturated heterocycles. The topological polar surface area (TPSA) is 74.2 Å². The summed E-state index contributed by atoms with van der Waals surface area (Å²) in [4.78, 5) is 4.36. The van der Waals surface area contributed by atoms with Gasteiger partial charge < -0.3 is 15.0 Å². The number of nitrogens with two attached hydrogens (primary N) is 1. The number of nitrogens with zero attached hydrogens (tertiary/aromatic N) is 2. The Balaban J connectivity index is 1.89. The average Bonchev–Trinajstić information content (AvgIpc) is 2.98. The summed E-state index contributed by atoms with van der Waals surface area (Å²) in [5.74, 6) is 0.506. The van der Waals surface area contributed by atoms with Gasteiger partial charge in [-0.2, -0.15) is 4.98 Å². The summed E-state index contributed by atoms with van der Waals surface area (Å²) in [6.07, 6.45) is 5.02. The zero-order valence-corrected chi connectivity index (χ0v) is 11.9. The molecule has 0 bridgehead atoms. The highest BCUT2D eigenvalue weighted by atomic mass is 19.1. The van der Waals surface area contributed by atoms with E-state index in [0.29, 0.717) is 11.4 Å². The van der Waals surface area contributed by atoms with Gasteiger partial charge in [-0.3, -0.25) is 0 Å². The highest BCUT2D eigenvalue weighted by Gasteiger charge is 2.34. The number of ether oxygens (including phenoxy) is 1. The molecule has 1 fully saturated rings. The van der Waals surface area contributed by atoms with Crippen LogP contribution in [-0.4, -0.2) is 17.3 Å². The summed E-state index contributed by atoms with van der Waals surface area (Å²) in [5, 5.41) is 4.00. The summed E-state index contributed by atoms with van der Waals surface area (Å²) >= 11 is 0. The van der Waals surface area contributed by atoms with Crippen LogP contribution in [0.2, 0.25) is 0 Å². The van der Waals surface area contributed by atoms with Crippen LogP contribution in [0.25, 0.3) is 11.5 Å². The van der Waals surface area contributed by atoms with E-state index in [2.05, 4.69) is 10.1 Å². The molecule has 1 saturated carbocycles. The molecule has 1 aromatic heterocycles. The Bertz CT molecular complexity index is 636. The van der Waals surface area contributed by atoms with E-state index in [1.54, 1.807) is 6.07 Å². The minimum Gasteiger partial charge on any atom is -0.494 e. The van der Waals surface area contributed by atoms with Gasteiger partial charge in [0.05, 0.1) is 12.6 Å². The van der Waals surface area contributed by atoms with Crippen molar-refractivity contribution >= 4 is 0 Å². The Morgan fingerprint density at radius 1 is 1.29 bits per heavy atom. The second kappa shape index (κ2) is 5.44. The second-order valence-electron chi connectivity index (χ2n) is 5.49. The van der Waals surface area contributed by atoms with Crippen LogP contribution in [0, 0.1) is 5.82 Å². The lowest BCUT2D eigenvalue weighted by Crippen LogP contribution is -2.39. The molecule has 1 aliphatic carbocycles. The standard InChI is InChI=1S/C15H18FN3O2/c1-20-12-6-5-10(9-11(12)16)13-18-14(19-21-13)15(17)7-3-2-4-8-15/h5-6,9H,2-4,7-8,17H2,1H3. The maximum atomic E-state index is 13.7. The highest BCUT2D eigenvalue weighted by molar-refractivity contribution is 5.54. The van der Waals surface area contributed by atoms with Gasteiger partial charge in [0, 0.05) is 5.56 Å². The van der Waals surface area contributed by atoms with Crippen LogP contribution < -0.4 is 10.5 Å². The molecule has 112 valence electrons. The molecule has 5 nitrogen and oxygen atoms in total. The first kappa shape index (κ1) is 14.0. The molecule has 0 radical (unpaired) electrons. The van der Waals surface area contributed by atoms with Gasteiger partial charge in [0.2, 0.25) is 0 Å². The quantitative estimate of drug-likeness (QED) is 0.941. The van der Waals surface area contributed by atoms with Gasteiger partial charge in [0.25, 0.3) is 5.89 Å². The third kappa shape index (κ3) is 2.63. The van der Waals surface area contributed by atoms with E-state index in [4.69, 9.17) is 15.0 Å². The number of aromatic nitrogens is 2. The molecule has 3 rings (SSSR count). The van der Waals surface area contributed by atoms with E-state index in [-0.39, 0.29) is 11.6 Å². The second-order valence-corrected chi connectivity index (χ2v) is 5.49. The normalized spacial score (nSPS) is 17.7. The summed E-state index contributed by atoms with van der Waals surface area (Å²) in [6, 6.07) is 4.54. The predicted molar refractivity (Wildman–Crippen MR) is 75.2 cm³/mol.